The van der Waals surface area contributed by atoms with Crippen molar-refractivity contribution < 1.29 is 29.0 Å². The Morgan fingerprint density at radius 2 is 0.895 bits per heavy atom. The Hall–Kier alpha value is -2.37. The van der Waals surface area contributed by atoms with E-state index in [1.54, 1.807) is 24.3 Å². The van der Waals surface area contributed by atoms with Crippen molar-refractivity contribution in [2.75, 3.05) is 13.2 Å². The monoisotopic (exact) mass is 534 g/mol. The Bertz CT molecular complexity index is 689. The first-order valence-electron chi connectivity index (χ1n) is 15.1. The lowest BCUT2D eigenvalue weighted by atomic mass is 10.0. The standard InChI is InChI=1S/C16H22O4.C16H32O2/c1-3-5-11-19-15(17)13-9-7-8-10-14(13)16(18)20-12-6-4-2;1-2-3-4-5-6-7-8-9-10-11-12-13-14-15-16(17)18/h7-10H,3-6,11-12H2,1-2H3;2-15H2,1H3,(H,17,18). The maximum atomic E-state index is 11.9. The van der Waals surface area contributed by atoms with Gasteiger partial charge in [-0.05, 0) is 31.4 Å². The van der Waals surface area contributed by atoms with Crippen molar-refractivity contribution in [3.63, 3.8) is 0 Å². The fourth-order valence-corrected chi connectivity index (χ4v) is 3.91. The van der Waals surface area contributed by atoms with Crippen LogP contribution < -0.4 is 0 Å². The highest BCUT2D eigenvalue weighted by Crippen LogP contribution is 2.14. The van der Waals surface area contributed by atoms with Crippen molar-refractivity contribution in [2.45, 2.75) is 136 Å². The summed E-state index contributed by atoms with van der Waals surface area (Å²) >= 11 is 0. The first kappa shape index (κ1) is 35.6. The third-order valence-electron chi connectivity index (χ3n) is 6.32. The number of aliphatic carboxylic acids is 1. The van der Waals surface area contributed by atoms with Gasteiger partial charge in [-0.1, -0.05) is 123 Å². The van der Waals surface area contributed by atoms with Gasteiger partial charge in [0.1, 0.15) is 0 Å². The van der Waals surface area contributed by atoms with Gasteiger partial charge in [-0.25, -0.2) is 9.59 Å². The summed E-state index contributed by atoms with van der Waals surface area (Å²) in [4.78, 5) is 34.2. The number of carbonyl (C=O) groups is 3. The summed E-state index contributed by atoms with van der Waals surface area (Å²) in [5, 5.41) is 8.49. The quantitative estimate of drug-likeness (QED) is 0.118. The lowest BCUT2D eigenvalue weighted by Gasteiger charge is -2.09. The Balaban J connectivity index is 0.000000726. The number of carbonyl (C=O) groups excluding carboxylic acids is 2. The predicted octanol–water partition coefficient (Wildman–Crippen LogP) is 9.15. The maximum Gasteiger partial charge on any atom is 0.339 e. The van der Waals surface area contributed by atoms with Crippen LogP contribution in [-0.4, -0.2) is 36.2 Å². The zero-order valence-electron chi connectivity index (χ0n) is 24.4. The van der Waals surface area contributed by atoms with Crippen LogP contribution in [0.2, 0.25) is 0 Å². The zero-order chi connectivity index (χ0) is 28.3. The number of hydrogen-bond acceptors (Lipinski definition) is 5. The van der Waals surface area contributed by atoms with Crippen LogP contribution in [0.1, 0.15) is 157 Å². The predicted molar refractivity (Wildman–Crippen MR) is 155 cm³/mol. The Kier molecular flexibility index (Phi) is 24.6. The first-order chi connectivity index (χ1) is 18.5. The highest BCUT2D eigenvalue weighted by Gasteiger charge is 2.18. The average molecular weight is 535 g/mol. The van der Waals surface area contributed by atoms with E-state index in [0.717, 1.165) is 38.5 Å². The minimum atomic E-state index is -0.655. The van der Waals surface area contributed by atoms with E-state index in [1.807, 2.05) is 13.8 Å². The molecule has 6 nitrogen and oxygen atoms in total. The molecule has 0 aromatic heterocycles. The molecule has 0 bridgehead atoms. The Morgan fingerprint density at radius 3 is 1.24 bits per heavy atom. The van der Waals surface area contributed by atoms with Gasteiger partial charge in [0.2, 0.25) is 0 Å². The second kappa shape index (κ2) is 26.2. The van der Waals surface area contributed by atoms with E-state index < -0.39 is 17.9 Å². The molecular weight excluding hydrogens is 480 g/mol. The maximum absolute atomic E-state index is 11.9. The number of hydrogen-bond donors (Lipinski definition) is 1. The largest absolute Gasteiger partial charge is 0.481 e. The molecule has 0 aliphatic heterocycles. The summed E-state index contributed by atoms with van der Waals surface area (Å²) in [5.74, 6) is -1.60. The van der Waals surface area contributed by atoms with E-state index in [2.05, 4.69) is 6.92 Å². The van der Waals surface area contributed by atoms with Crippen molar-refractivity contribution in [3.8, 4) is 0 Å². The molecular formula is C32H54O6. The molecule has 0 aliphatic carbocycles. The minimum Gasteiger partial charge on any atom is -0.481 e. The first-order valence-corrected chi connectivity index (χ1v) is 15.1. The second-order valence-electron chi connectivity index (χ2n) is 9.91. The Labute approximate surface area is 231 Å². The molecule has 1 aromatic carbocycles. The molecule has 1 N–H and O–H groups in total. The second-order valence-corrected chi connectivity index (χ2v) is 9.91. The van der Waals surface area contributed by atoms with Gasteiger partial charge in [0.15, 0.2) is 0 Å². The summed E-state index contributed by atoms with van der Waals surface area (Å²) in [7, 11) is 0. The highest BCUT2D eigenvalue weighted by molar-refractivity contribution is 6.03. The molecule has 1 rings (SSSR count). The van der Waals surface area contributed by atoms with Gasteiger partial charge in [-0.3, -0.25) is 4.79 Å². The number of carboxylic acids is 1. The number of rotatable bonds is 22. The molecule has 0 amide bonds. The van der Waals surface area contributed by atoms with Crippen molar-refractivity contribution in [2.24, 2.45) is 0 Å². The number of esters is 2. The van der Waals surface area contributed by atoms with E-state index in [4.69, 9.17) is 14.6 Å². The van der Waals surface area contributed by atoms with Gasteiger partial charge in [0, 0.05) is 6.42 Å². The van der Waals surface area contributed by atoms with Gasteiger partial charge < -0.3 is 14.6 Å². The fourth-order valence-electron chi connectivity index (χ4n) is 3.91. The molecule has 0 saturated carbocycles. The Morgan fingerprint density at radius 1 is 0.553 bits per heavy atom. The third kappa shape index (κ3) is 20.7. The van der Waals surface area contributed by atoms with Crippen LogP contribution in [0, 0.1) is 0 Å². The van der Waals surface area contributed by atoms with Crippen LogP contribution in [0.4, 0.5) is 0 Å². The highest BCUT2D eigenvalue weighted by atomic mass is 16.5. The van der Waals surface area contributed by atoms with Gasteiger partial charge >= 0.3 is 17.9 Å². The van der Waals surface area contributed by atoms with E-state index in [9.17, 15) is 14.4 Å². The van der Waals surface area contributed by atoms with Gasteiger partial charge in [0.25, 0.3) is 0 Å². The van der Waals surface area contributed by atoms with Crippen molar-refractivity contribution in [3.05, 3.63) is 35.4 Å². The van der Waals surface area contributed by atoms with Gasteiger partial charge in [-0.2, -0.15) is 0 Å². The van der Waals surface area contributed by atoms with Crippen molar-refractivity contribution >= 4 is 17.9 Å². The summed E-state index contributed by atoms with van der Waals surface area (Å²) in [5.41, 5.74) is 0.537. The molecule has 6 heteroatoms. The minimum absolute atomic E-state index is 0.269. The topological polar surface area (TPSA) is 89.9 Å². The van der Waals surface area contributed by atoms with Gasteiger partial charge in [-0.15, -0.1) is 0 Å². The third-order valence-corrected chi connectivity index (χ3v) is 6.32. The SMILES string of the molecule is CCCCCCCCCCCCCCCC(=O)O.CCCCOC(=O)c1ccccc1C(=O)OCCCC. The van der Waals surface area contributed by atoms with Crippen LogP contribution >= 0.6 is 0 Å². The van der Waals surface area contributed by atoms with Crippen molar-refractivity contribution in [1.29, 1.82) is 0 Å². The normalized spacial score (nSPS) is 10.4. The van der Waals surface area contributed by atoms with Crippen molar-refractivity contribution in [1.82, 2.24) is 0 Å². The van der Waals surface area contributed by atoms with Crippen LogP contribution in [-0.2, 0) is 14.3 Å². The number of carboxylic acid groups (broad SMARTS) is 1. The zero-order valence-corrected chi connectivity index (χ0v) is 24.4. The molecule has 0 radical (unpaired) electrons. The molecule has 0 fully saturated rings. The molecule has 0 aliphatic rings. The fraction of sp³-hybridized carbons (Fsp3) is 0.719. The molecule has 0 spiro atoms. The average Bonchev–Trinajstić information content (AvgIpc) is 2.91. The molecule has 1 aromatic rings. The van der Waals surface area contributed by atoms with Crippen LogP contribution in [0.3, 0.4) is 0 Å². The lowest BCUT2D eigenvalue weighted by molar-refractivity contribution is -0.137. The summed E-state index contributed by atoms with van der Waals surface area (Å²) in [6, 6.07) is 6.59. The smallest absolute Gasteiger partial charge is 0.339 e. The molecule has 0 unspecified atom stereocenters. The van der Waals surface area contributed by atoms with E-state index in [1.165, 1.54) is 70.6 Å². The number of ether oxygens (including phenoxy) is 2. The number of unbranched alkanes of at least 4 members (excludes halogenated alkanes) is 14. The summed E-state index contributed by atoms with van der Waals surface area (Å²) in [6.07, 6.45) is 20.8. The van der Waals surface area contributed by atoms with E-state index in [0.29, 0.717) is 19.6 Å². The molecule has 38 heavy (non-hydrogen) atoms. The molecule has 218 valence electrons. The van der Waals surface area contributed by atoms with Crippen LogP contribution in [0.25, 0.3) is 0 Å². The van der Waals surface area contributed by atoms with Crippen LogP contribution in [0.15, 0.2) is 24.3 Å². The molecule has 0 heterocycles. The lowest BCUT2D eigenvalue weighted by Crippen LogP contribution is -2.14. The molecule has 0 atom stereocenters. The van der Waals surface area contributed by atoms with E-state index >= 15 is 0 Å². The van der Waals surface area contributed by atoms with Crippen LogP contribution in [0.5, 0.6) is 0 Å². The van der Waals surface area contributed by atoms with Gasteiger partial charge in [0.05, 0.1) is 24.3 Å². The number of benzene rings is 1. The van der Waals surface area contributed by atoms with E-state index in [-0.39, 0.29) is 11.1 Å². The summed E-state index contributed by atoms with van der Waals surface area (Å²) < 4.78 is 10.3. The summed E-state index contributed by atoms with van der Waals surface area (Å²) in [6.45, 7) is 7.04. The molecule has 0 saturated heterocycles.